The van der Waals surface area contributed by atoms with Crippen molar-refractivity contribution in [2.24, 2.45) is 0 Å². The van der Waals surface area contributed by atoms with Gasteiger partial charge >= 0.3 is 0 Å². The summed E-state index contributed by atoms with van der Waals surface area (Å²) in [7, 11) is -3.82. The predicted octanol–water partition coefficient (Wildman–Crippen LogP) is 2.25. The Kier molecular flexibility index (Phi) is 3.63. The fourth-order valence-electron chi connectivity index (χ4n) is 1.76. The molecule has 3 N–H and O–H groups in total. The number of nitrogens with one attached hydrogen (secondary N) is 1. The minimum atomic E-state index is -3.82. The third-order valence-corrected chi connectivity index (χ3v) is 4.23. The molecule has 0 aromatic heterocycles. The van der Waals surface area contributed by atoms with E-state index in [2.05, 4.69) is 4.72 Å². The SMILES string of the molecule is Cc1ccccc1NS(=O)(=O)c1ccc(N)cc1C#N. The lowest BCUT2D eigenvalue weighted by Crippen LogP contribution is -2.15. The van der Waals surface area contributed by atoms with Crippen LogP contribution in [0.1, 0.15) is 11.1 Å². The van der Waals surface area contributed by atoms with E-state index in [0.29, 0.717) is 11.4 Å². The molecular weight excluding hydrogens is 274 g/mol. The van der Waals surface area contributed by atoms with E-state index >= 15 is 0 Å². The largest absolute Gasteiger partial charge is 0.399 e. The maximum atomic E-state index is 12.3. The van der Waals surface area contributed by atoms with E-state index in [1.807, 2.05) is 12.1 Å². The molecule has 0 bridgehead atoms. The molecule has 0 saturated carbocycles. The van der Waals surface area contributed by atoms with Crippen LogP contribution in [-0.2, 0) is 10.0 Å². The van der Waals surface area contributed by atoms with Gasteiger partial charge in [-0.05, 0) is 36.8 Å². The summed E-state index contributed by atoms with van der Waals surface area (Å²) in [6.45, 7) is 1.80. The van der Waals surface area contributed by atoms with E-state index in [4.69, 9.17) is 11.0 Å². The van der Waals surface area contributed by atoms with Crippen molar-refractivity contribution in [3.63, 3.8) is 0 Å². The number of sulfonamides is 1. The summed E-state index contributed by atoms with van der Waals surface area (Å²) in [6.07, 6.45) is 0. The number of anilines is 2. The summed E-state index contributed by atoms with van der Waals surface area (Å²) in [5.41, 5.74) is 7.20. The van der Waals surface area contributed by atoms with Crippen LogP contribution >= 0.6 is 0 Å². The second-order valence-electron chi connectivity index (χ2n) is 4.29. The van der Waals surface area contributed by atoms with Gasteiger partial charge < -0.3 is 5.73 Å². The fraction of sp³-hybridized carbons (Fsp3) is 0.0714. The molecule has 2 rings (SSSR count). The molecular formula is C14H13N3O2S. The minimum absolute atomic E-state index is 0.0195. The van der Waals surface area contributed by atoms with Crippen LogP contribution in [0.5, 0.6) is 0 Å². The molecule has 0 heterocycles. The molecule has 6 heteroatoms. The van der Waals surface area contributed by atoms with Crippen LogP contribution in [0, 0.1) is 18.3 Å². The number of nitrogens with zero attached hydrogens (tertiary/aromatic N) is 1. The Morgan fingerprint density at radius 3 is 2.55 bits per heavy atom. The van der Waals surface area contributed by atoms with E-state index in [1.165, 1.54) is 18.2 Å². The Labute approximate surface area is 117 Å². The van der Waals surface area contributed by atoms with Crippen molar-refractivity contribution < 1.29 is 8.42 Å². The first-order valence-electron chi connectivity index (χ1n) is 5.82. The third-order valence-electron chi connectivity index (χ3n) is 2.80. The molecule has 0 aliphatic heterocycles. The number of hydrogen-bond donors (Lipinski definition) is 2. The van der Waals surface area contributed by atoms with Gasteiger partial charge in [0.2, 0.25) is 0 Å². The minimum Gasteiger partial charge on any atom is -0.399 e. The van der Waals surface area contributed by atoms with Gasteiger partial charge in [0.15, 0.2) is 0 Å². The maximum absolute atomic E-state index is 12.3. The van der Waals surface area contributed by atoms with Crippen molar-refractivity contribution in [3.05, 3.63) is 53.6 Å². The molecule has 0 saturated heterocycles. The second-order valence-corrected chi connectivity index (χ2v) is 5.94. The molecule has 2 aromatic rings. The highest BCUT2D eigenvalue weighted by atomic mass is 32.2. The topological polar surface area (TPSA) is 96.0 Å². The van der Waals surface area contributed by atoms with Crippen molar-refractivity contribution in [2.45, 2.75) is 11.8 Å². The van der Waals surface area contributed by atoms with Crippen molar-refractivity contribution in [2.75, 3.05) is 10.5 Å². The summed E-state index contributed by atoms with van der Waals surface area (Å²) < 4.78 is 27.2. The Balaban J connectivity index is 2.47. The Morgan fingerprint density at radius 1 is 1.20 bits per heavy atom. The first-order chi connectivity index (χ1) is 9.44. The first kappa shape index (κ1) is 13.9. The predicted molar refractivity (Wildman–Crippen MR) is 77.6 cm³/mol. The highest BCUT2D eigenvalue weighted by Crippen LogP contribution is 2.22. The lowest BCUT2D eigenvalue weighted by molar-refractivity contribution is 0.601. The number of para-hydroxylation sites is 1. The van der Waals surface area contributed by atoms with Gasteiger partial charge in [-0.25, -0.2) is 8.42 Å². The zero-order valence-corrected chi connectivity index (χ0v) is 11.6. The smallest absolute Gasteiger partial charge is 0.263 e. The van der Waals surface area contributed by atoms with Gasteiger partial charge in [-0.1, -0.05) is 18.2 Å². The van der Waals surface area contributed by atoms with Crippen LogP contribution in [0.4, 0.5) is 11.4 Å². The molecule has 0 radical (unpaired) electrons. The standard InChI is InChI=1S/C14H13N3O2S/c1-10-4-2-3-5-13(10)17-20(18,19)14-7-6-12(16)8-11(14)9-15/h2-8,17H,16H2,1H3. The molecule has 20 heavy (non-hydrogen) atoms. The Bertz CT molecular complexity index is 792. The zero-order chi connectivity index (χ0) is 14.8. The normalized spacial score (nSPS) is 10.8. The highest BCUT2D eigenvalue weighted by molar-refractivity contribution is 7.92. The van der Waals surface area contributed by atoms with Gasteiger partial charge in [-0.3, -0.25) is 4.72 Å². The van der Waals surface area contributed by atoms with Gasteiger partial charge in [-0.15, -0.1) is 0 Å². The summed E-state index contributed by atoms with van der Waals surface area (Å²) in [5, 5.41) is 9.03. The molecule has 0 aliphatic rings. The summed E-state index contributed by atoms with van der Waals surface area (Å²) in [5.74, 6) is 0. The van der Waals surface area contributed by atoms with Crippen molar-refractivity contribution in [1.29, 1.82) is 5.26 Å². The molecule has 0 unspecified atom stereocenters. The quantitative estimate of drug-likeness (QED) is 0.846. The maximum Gasteiger partial charge on any atom is 0.263 e. The molecule has 0 atom stereocenters. The highest BCUT2D eigenvalue weighted by Gasteiger charge is 2.19. The van der Waals surface area contributed by atoms with Crippen LogP contribution in [-0.4, -0.2) is 8.42 Å². The van der Waals surface area contributed by atoms with Crippen LogP contribution in [0.25, 0.3) is 0 Å². The van der Waals surface area contributed by atoms with E-state index in [-0.39, 0.29) is 10.5 Å². The number of rotatable bonds is 3. The molecule has 0 aliphatic carbocycles. The summed E-state index contributed by atoms with van der Waals surface area (Å²) >= 11 is 0. The Hall–Kier alpha value is -2.52. The monoisotopic (exact) mass is 287 g/mol. The number of nitrogen functional groups attached to an aromatic ring is 1. The van der Waals surface area contributed by atoms with Gasteiger partial charge in [0.25, 0.3) is 10.0 Å². The van der Waals surface area contributed by atoms with Crippen LogP contribution in [0.3, 0.4) is 0 Å². The van der Waals surface area contributed by atoms with Crippen LogP contribution in [0.2, 0.25) is 0 Å². The molecule has 5 nitrogen and oxygen atoms in total. The molecule has 0 amide bonds. The lowest BCUT2D eigenvalue weighted by atomic mass is 10.2. The Morgan fingerprint density at radius 2 is 1.90 bits per heavy atom. The van der Waals surface area contributed by atoms with E-state index in [0.717, 1.165) is 5.56 Å². The van der Waals surface area contributed by atoms with Crippen LogP contribution < -0.4 is 10.5 Å². The molecule has 0 spiro atoms. The number of aryl methyl sites for hydroxylation is 1. The average Bonchev–Trinajstić information content (AvgIpc) is 2.40. The van der Waals surface area contributed by atoms with E-state index < -0.39 is 10.0 Å². The fourth-order valence-corrected chi connectivity index (χ4v) is 3.03. The third kappa shape index (κ3) is 2.73. The van der Waals surface area contributed by atoms with E-state index in [1.54, 1.807) is 25.1 Å². The first-order valence-corrected chi connectivity index (χ1v) is 7.30. The van der Waals surface area contributed by atoms with Gasteiger partial charge in [-0.2, -0.15) is 5.26 Å². The number of nitrogens with two attached hydrogens (primary N) is 1. The second kappa shape index (κ2) is 5.23. The number of nitriles is 1. The van der Waals surface area contributed by atoms with Crippen molar-refractivity contribution in [1.82, 2.24) is 0 Å². The molecule has 0 fully saturated rings. The van der Waals surface area contributed by atoms with Gasteiger partial charge in [0, 0.05) is 5.69 Å². The van der Waals surface area contributed by atoms with E-state index in [9.17, 15) is 8.42 Å². The van der Waals surface area contributed by atoms with Gasteiger partial charge in [0.05, 0.1) is 11.3 Å². The van der Waals surface area contributed by atoms with Crippen molar-refractivity contribution >= 4 is 21.4 Å². The van der Waals surface area contributed by atoms with Crippen LogP contribution in [0.15, 0.2) is 47.4 Å². The molecule has 2 aromatic carbocycles. The number of hydrogen-bond acceptors (Lipinski definition) is 4. The van der Waals surface area contributed by atoms with Gasteiger partial charge in [0.1, 0.15) is 11.0 Å². The summed E-state index contributed by atoms with van der Waals surface area (Å²) in [4.78, 5) is -0.0857. The van der Waals surface area contributed by atoms with Crippen molar-refractivity contribution in [3.8, 4) is 6.07 Å². The average molecular weight is 287 g/mol. The lowest BCUT2D eigenvalue weighted by Gasteiger charge is -2.11. The zero-order valence-electron chi connectivity index (χ0n) is 10.8. The summed E-state index contributed by atoms with van der Waals surface area (Å²) in [6, 6.07) is 13.0. The number of benzene rings is 2. The molecule has 102 valence electrons.